The summed E-state index contributed by atoms with van der Waals surface area (Å²) < 4.78 is 27.2. The van der Waals surface area contributed by atoms with Gasteiger partial charge in [-0.3, -0.25) is 4.90 Å². The van der Waals surface area contributed by atoms with E-state index in [1.54, 1.807) is 0 Å². The largest absolute Gasteiger partial charge is 0.310 e. The van der Waals surface area contributed by atoms with Gasteiger partial charge in [0, 0.05) is 36.8 Å². The van der Waals surface area contributed by atoms with Crippen LogP contribution in [0.4, 0.5) is 8.78 Å². The molecule has 0 amide bonds. The van der Waals surface area contributed by atoms with Gasteiger partial charge in [0.25, 0.3) is 0 Å². The molecule has 1 N–H and O–H groups in total. The fourth-order valence-corrected chi connectivity index (χ4v) is 3.19. The molecule has 0 radical (unpaired) electrons. The smallest absolute Gasteiger partial charge is 0.129 e. The summed E-state index contributed by atoms with van der Waals surface area (Å²) in [5.74, 6) is -0.880. The minimum Gasteiger partial charge on any atom is -0.310 e. The fourth-order valence-electron chi connectivity index (χ4n) is 3.19. The van der Waals surface area contributed by atoms with E-state index in [9.17, 15) is 8.78 Å². The fraction of sp³-hybridized carbons (Fsp3) is 0.625. The molecule has 1 aromatic carbocycles. The van der Waals surface area contributed by atoms with E-state index in [1.165, 1.54) is 31.0 Å². The van der Waals surface area contributed by atoms with Crippen molar-refractivity contribution < 1.29 is 8.78 Å². The third kappa shape index (κ3) is 3.18. The Morgan fingerprint density at radius 2 is 1.95 bits per heavy atom. The summed E-state index contributed by atoms with van der Waals surface area (Å²) in [5.41, 5.74) is 0.199. The Kier molecular flexibility index (Phi) is 4.03. The zero-order valence-corrected chi connectivity index (χ0v) is 11.9. The second kappa shape index (κ2) is 5.78. The molecular formula is C16H22F2N2. The Morgan fingerprint density at radius 1 is 1.25 bits per heavy atom. The Hall–Kier alpha value is -1.00. The highest BCUT2D eigenvalue weighted by atomic mass is 19.1. The lowest BCUT2D eigenvalue weighted by molar-refractivity contribution is 0.312. The van der Waals surface area contributed by atoms with Gasteiger partial charge in [-0.2, -0.15) is 0 Å². The van der Waals surface area contributed by atoms with Crippen LogP contribution in [0, 0.1) is 11.6 Å². The van der Waals surface area contributed by atoms with Crippen molar-refractivity contribution in [2.75, 3.05) is 13.1 Å². The van der Waals surface area contributed by atoms with E-state index < -0.39 is 11.6 Å². The van der Waals surface area contributed by atoms with E-state index in [0.717, 1.165) is 25.6 Å². The van der Waals surface area contributed by atoms with Gasteiger partial charge in [-0.15, -0.1) is 0 Å². The number of nitrogens with one attached hydrogen (secondary N) is 1. The molecular weight excluding hydrogens is 258 g/mol. The minimum absolute atomic E-state index is 0.0885. The van der Waals surface area contributed by atoms with Gasteiger partial charge < -0.3 is 5.32 Å². The normalized spacial score (nSPS) is 25.1. The van der Waals surface area contributed by atoms with E-state index >= 15 is 0 Å². The Balaban J connectivity index is 1.53. The molecule has 1 heterocycles. The Morgan fingerprint density at radius 3 is 2.60 bits per heavy atom. The van der Waals surface area contributed by atoms with E-state index in [0.29, 0.717) is 12.5 Å². The molecule has 3 rings (SSSR count). The van der Waals surface area contributed by atoms with Gasteiger partial charge in [0.2, 0.25) is 0 Å². The first kappa shape index (κ1) is 14.0. The van der Waals surface area contributed by atoms with E-state index in [1.807, 2.05) is 6.92 Å². The molecule has 1 aliphatic carbocycles. The van der Waals surface area contributed by atoms with Crippen molar-refractivity contribution in [3.63, 3.8) is 0 Å². The highest BCUT2D eigenvalue weighted by Crippen LogP contribution is 2.30. The summed E-state index contributed by atoms with van der Waals surface area (Å²) in [7, 11) is 0. The van der Waals surface area contributed by atoms with Gasteiger partial charge >= 0.3 is 0 Å². The highest BCUT2D eigenvalue weighted by Gasteiger charge is 2.34. The second-order valence-electron chi connectivity index (χ2n) is 6.18. The molecule has 0 bridgehead atoms. The van der Waals surface area contributed by atoms with Gasteiger partial charge in [-0.25, -0.2) is 8.78 Å². The van der Waals surface area contributed by atoms with E-state index in [-0.39, 0.29) is 11.6 Å². The summed E-state index contributed by atoms with van der Waals surface area (Å²) in [5, 5.41) is 3.52. The zero-order valence-electron chi connectivity index (χ0n) is 11.9. The molecule has 0 spiro atoms. The molecule has 1 aromatic rings. The van der Waals surface area contributed by atoms with Crippen LogP contribution in [0.5, 0.6) is 0 Å². The number of benzene rings is 1. The summed E-state index contributed by atoms with van der Waals surface area (Å²) in [6.07, 6.45) is 4.21. The van der Waals surface area contributed by atoms with Crippen LogP contribution in [0.2, 0.25) is 0 Å². The highest BCUT2D eigenvalue weighted by molar-refractivity contribution is 5.20. The zero-order chi connectivity index (χ0) is 14.1. The monoisotopic (exact) mass is 280 g/mol. The molecule has 4 heteroatoms. The van der Waals surface area contributed by atoms with Gasteiger partial charge in [0.1, 0.15) is 11.6 Å². The lowest BCUT2D eigenvalue weighted by atomic mass is 10.0. The van der Waals surface area contributed by atoms with Gasteiger partial charge in [0.05, 0.1) is 0 Å². The van der Waals surface area contributed by atoms with Gasteiger partial charge in [-0.1, -0.05) is 6.07 Å². The topological polar surface area (TPSA) is 15.3 Å². The number of likely N-dealkylation sites (tertiary alicyclic amines) is 1. The average Bonchev–Trinajstić information content (AvgIpc) is 3.15. The van der Waals surface area contributed by atoms with Crippen LogP contribution < -0.4 is 5.32 Å². The third-order valence-electron chi connectivity index (χ3n) is 4.38. The van der Waals surface area contributed by atoms with Gasteiger partial charge in [0.15, 0.2) is 0 Å². The molecule has 2 atom stereocenters. The third-order valence-corrected chi connectivity index (χ3v) is 4.38. The molecule has 1 saturated heterocycles. The first-order valence-corrected chi connectivity index (χ1v) is 7.56. The molecule has 2 unspecified atom stereocenters. The average molecular weight is 280 g/mol. The maximum absolute atomic E-state index is 13.6. The number of nitrogens with zero attached hydrogens (tertiary/aromatic N) is 1. The lowest BCUT2D eigenvalue weighted by Gasteiger charge is -2.21. The summed E-state index contributed by atoms with van der Waals surface area (Å²) >= 11 is 0. The van der Waals surface area contributed by atoms with E-state index in [4.69, 9.17) is 0 Å². The van der Waals surface area contributed by atoms with Gasteiger partial charge in [-0.05, 0) is 44.7 Å². The molecule has 1 saturated carbocycles. The van der Waals surface area contributed by atoms with Crippen LogP contribution in [0.1, 0.15) is 31.7 Å². The first-order valence-electron chi connectivity index (χ1n) is 7.56. The Labute approximate surface area is 119 Å². The van der Waals surface area contributed by atoms with Crippen molar-refractivity contribution in [3.8, 4) is 0 Å². The number of hydrogen-bond acceptors (Lipinski definition) is 2. The maximum atomic E-state index is 13.6. The van der Waals surface area contributed by atoms with Crippen molar-refractivity contribution in [1.82, 2.24) is 10.2 Å². The van der Waals surface area contributed by atoms with Crippen molar-refractivity contribution in [2.24, 2.45) is 0 Å². The predicted molar refractivity (Wildman–Crippen MR) is 75.7 cm³/mol. The summed E-state index contributed by atoms with van der Waals surface area (Å²) in [4.78, 5) is 2.54. The first-order chi connectivity index (χ1) is 9.63. The number of halogens is 2. The molecule has 0 aromatic heterocycles. The SMILES string of the molecule is CC(Cc1c(F)cccc1F)NC1CCN(C2CC2)C1. The maximum Gasteiger partial charge on any atom is 0.129 e. The molecule has 2 aliphatic rings. The van der Waals surface area contributed by atoms with Crippen LogP contribution in [-0.2, 0) is 6.42 Å². The predicted octanol–water partition coefficient (Wildman–Crippen LogP) is 2.72. The van der Waals surface area contributed by atoms with Crippen molar-refractivity contribution in [3.05, 3.63) is 35.4 Å². The molecule has 20 heavy (non-hydrogen) atoms. The summed E-state index contributed by atoms with van der Waals surface area (Å²) in [6, 6.07) is 5.43. The molecule has 2 nitrogen and oxygen atoms in total. The molecule has 1 aliphatic heterocycles. The van der Waals surface area contributed by atoms with Crippen molar-refractivity contribution in [2.45, 2.75) is 50.7 Å². The minimum atomic E-state index is -0.440. The second-order valence-corrected chi connectivity index (χ2v) is 6.18. The number of rotatable bonds is 5. The van der Waals surface area contributed by atoms with E-state index in [2.05, 4.69) is 10.2 Å². The van der Waals surface area contributed by atoms with Crippen LogP contribution in [0.3, 0.4) is 0 Å². The van der Waals surface area contributed by atoms with Crippen LogP contribution in [0.25, 0.3) is 0 Å². The quantitative estimate of drug-likeness (QED) is 0.892. The standard InChI is InChI=1S/C16H22F2N2/c1-11(9-14-15(17)3-2-4-16(14)18)19-12-7-8-20(10-12)13-5-6-13/h2-4,11-13,19H,5-10H2,1H3. The van der Waals surface area contributed by atoms with Crippen LogP contribution >= 0.6 is 0 Å². The molecule has 2 fully saturated rings. The van der Waals surface area contributed by atoms with Crippen molar-refractivity contribution >= 4 is 0 Å². The van der Waals surface area contributed by atoms with Crippen molar-refractivity contribution in [1.29, 1.82) is 0 Å². The van der Waals surface area contributed by atoms with Crippen LogP contribution in [-0.4, -0.2) is 36.1 Å². The lowest BCUT2D eigenvalue weighted by Crippen LogP contribution is -2.40. The number of hydrogen-bond donors (Lipinski definition) is 1. The Bertz CT molecular complexity index is 453. The summed E-state index contributed by atoms with van der Waals surface area (Å²) in [6.45, 7) is 4.24. The molecule has 110 valence electrons. The van der Waals surface area contributed by atoms with Crippen LogP contribution in [0.15, 0.2) is 18.2 Å².